The standard InChI is InChI=1S/C25H28N4O2S/c1-17-7-9-18(10-8-17)25(31)29-12-3-2-6-22(29)23-26-21-16-28(15-19-5-4-14-32-19)13-11-20(21)24(30)27-23/h4-5,7-10,14,22H,2-3,6,11-13,15-16H2,1H3,(H,26,27,30). The molecule has 32 heavy (non-hydrogen) atoms. The number of aromatic amines is 1. The summed E-state index contributed by atoms with van der Waals surface area (Å²) in [6, 6.07) is 11.7. The molecule has 1 N–H and O–H groups in total. The molecule has 0 aliphatic carbocycles. The molecule has 0 spiro atoms. The normalized spacial score (nSPS) is 19.0. The molecule has 4 heterocycles. The van der Waals surface area contributed by atoms with Gasteiger partial charge in [-0.05, 0) is 56.2 Å². The van der Waals surface area contributed by atoms with Crippen molar-refractivity contribution in [1.29, 1.82) is 0 Å². The van der Waals surface area contributed by atoms with Crippen LogP contribution in [-0.2, 0) is 19.5 Å². The number of rotatable bonds is 4. The van der Waals surface area contributed by atoms with Gasteiger partial charge in [0.2, 0.25) is 0 Å². The quantitative estimate of drug-likeness (QED) is 0.653. The van der Waals surface area contributed by atoms with E-state index in [-0.39, 0.29) is 17.5 Å². The lowest BCUT2D eigenvalue weighted by Gasteiger charge is -2.36. The predicted octanol–water partition coefficient (Wildman–Crippen LogP) is 4.07. The van der Waals surface area contributed by atoms with E-state index in [1.165, 1.54) is 4.88 Å². The fourth-order valence-corrected chi connectivity index (χ4v) is 5.50. The minimum atomic E-state index is -0.191. The Bertz CT molecular complexity index is 1150. The Labute approximate surface area is 191 Å². The van der Waals surface area contributed by atoms with E-state index in [2.05, 4.69) is 27.4 Å². The third-order valence-corrected chi connectivity index (χ3v) is 7.37. The summed E-state index contributed by atoms with van der Waals surface area (Å²) in [4.78, 5) is 39.7. The van der Waals surface area contributed by atoms with Gasteiger partial charge in [-0.25, -0.2) is 4.98 Å². The van der Waals surface area contributed by atoms with Crippen molar-refractivity contribution in [2.45, 2.75) is 51.7 Å². The zero-order valence-corrected chi connectivity index (χ0v) is 19.2. The summed E-state index contributed by atoms with van der Waals surface area (Å²) in [6.07, 6.45) is 3.52. The molecule has 1 aromatic carbocycles. The van der Waals surface area contributed by atoms with Crippen molar-refractivity contribution >= 4 is 17.2 Å². The Hall–Kier alpha value is -2.77. The summed E-state index contributed by atoms with van der Waals surface area (Å²) in [5.74, 6) is 0.640. The Morgan fingerprint density at radius 2 is 2.03 bits per heavy atom. The summed E-state index contributed by atoms with van der Waals surface area (Å²) in [7, 11) is 0. The molecule has 2 aliphatic heterocycles. The lowest BCUT2D eigenvalue weighted by molar-refractivity contribution is 0.0598. The van der Waals surface area contributed by atoms with E-state index in [0.29, 0.717) is 30.9 Å². The number of thiophene rings is 1. The molecule has 166 valence electrons. The van der Waals surface area contributed by atoms with Crippen LogP contribution in [0.3, 0.4) is 0 Å². The molecule has 0 radical (unpaired) electrons. The number of nitrogens with zero attached hydrogens (tertiary/aromatic N) is 3. The van der Waals surface area contributed by atoms with Gasteiger partial charge in [-0.2, -0.15) is 0 Å². The first-order valence-corrected chi connectivity index (χ1v) is 12.2. The number of aryl methyl sites for hydroxylation is 1. The van der Waals surface area contributed by atoms with Crippen molar-refractivity contribution in [2.24, 2.45) is 0 Å². The molecule has 3 aromatic rings. The maximum Gasteiger partial charge on any atom is 0.254 e. The Kier molecular flexibility index (Phi) is 5.93. The highest BCUT2D eigenvalue weighted by molar-refractivity contribution is 7.09. The number of H-pyrrole nitrogens is 1. The van der Waals surface area contributed by atoms with Crippen LogP contribution in [0, 0.1) is 6.92 Å². The van der Waals surface area contributed by atoms with Gasteiger partial charge in [-0.3, -0.25) is 14.5 Å². The number of hydrogen-bond donors (Lipinski definition) is 1. The van der Waals surface area contributed by atoms with Gasteiger partial charge in [0.15, 0.2) is 0 Å². The van der Waals surface area contributed by atoms with E-state index < -0.39 is 0 Å². The molecule has 7 heteroatoms. The van der Waals surface area contributed by atoms with Crippen LogP contribution in [0.1, 0.15) is 63.2 Å². The van der Waals surface area contributed by atoms with Gasteiger partial charge in [0.05, 0.1) is 11.7 Å². The second kappa shape index (κ2) is 9.00. The molecule has 2 aliphatic rings. The third-order valence-electron chi connectivity index (χ3n) is 6.51. The van der Waals surface area contributed by atoms with Crippen molar-refractivity contribution in [3.63, 3.8) is 0 Å². The summed E-state index contributed by atoms with van der Waals surface area (Å²) in [5.41, 5.74) is 3.42. The van der Waals surface area contributed by atoms with Gasteiger partial charge in [0, 0.05) is 42.2 Å². The molecular weight excluding hydrogens is 420 g/mol. The lowest BCUT2D eigenvalue weighted by Crippen LogP contribution is -2.41. The number of piperidine rings is 1. The third kappa shape index (κ3) is 4.27. The van der Waals surface area contributed by atoms with Crippen LogP contribution < -0.4 is 5.56 Å². The average molecular weight is 449 g/mol. The molecular formula is C25H28N4O2S. The average Bonchev–Trinajstić information content (AvgIpc) is 3.32. The van der Waals surface area contributed by atoms with Gasteiger partial charge in [-0.15, -0.1) is 11.3 Å². The summed E-state index contributed by atoms with van der Waals surface area (Å²) < 4.78 is 0. The molecule has 1 atom stereocenters. The van der Waals surface area contributed by atoms with E-state index in [1.54, 1.807) is 11.3 Å². The molecule has 0 bridgehead atoms. The first-order chi connectivity index (χ1) is 15.6. The van der Waals surface area contributed by atoms with Gasteiger partial charge >= 0.3 is 0 Å². The molecule has 1 unspecified atom stereocenters. The maximum absolute atomic E-state index is 13.3. The molecule has 1 fully saturated rings. The first kappa shape index (κ1) is 21.1. The number of likely N-dealkylation sites (tertiary alicyclic amines) is 1. The monoisotopic (exact) mass is 448 g/mol. The minimum absolute atomic E-state index is 0.00870. The van der Waals surface area contributed by atoms with Crippen molar-refractivity contribution < 1.29 is 4.79 Å². The maximum atomic E-state index is 13.3. The van der Waals surface area contributed by atoms with Crippen LogP contribution in [0.25, 0.3) is 0 Å². The number of nitrogens with one attached hydrogen (secondary N) is 1. The van der Waals surface area contributed by atoms with Gasteiger partial charge in [0.25, 0.3) is 11.5 Å². The molecule has 6 nitrogen and oxygen atoms in total. The van der Waals surface area contributed by atoms with Crippen molar-refractivity contribution in [2.75, 3.05) is 13.1 Å². The molecule has 5 rings (SSSR count). The number of carbonyl (C=O) groups excluding carboxylic acids is 1. The van der Waals surface area contributed by atoms with Crippen LogP contribution in [0.2, 0.25) is 0 Å². The predicted molar refractivity (Wildman–Crippen MR) is 126 cm³/mol. The summed E-state index contributed by atoms with van der Waals surface area (Å²) >= 11 is 1.75. The molecule has 0 saturated carbocycles. The smallest absolute Gasteiger partial charge is 0.254 e. The Morgan fingerprint density at radius 1 is 1.19 bits per heavy atom. The number of benzene rings is 1. The second-order valence-corrected chi connectivity index (χ2v) is 9.82. The molecule has 2 aromatic heterocycles. The number of amides is 1. The fraction of sp³-hybridized carbons (Fsp3) is 0.400. The summed E-state index contributed by atoms with van der Waals surface area (Å²) in [5, 5.41) is 2.09. The van der Waals surface area contributed by atoms with Gasteiger partial charge < -0.3 is 9.88 Å². The van der Waals surface area contributed by atoms with E-state index in [0.717, 1.165) is 49.2 Å². The summed E-state index contributed by atoms with van der Waals surface area (Å²) in [6.45, 7) is 5.10. The van der Waals surface area contributed by atoms with Crippen molar-refractivity contribution in [3.8, 4) is 0 Å². The SMILES string of the molecule is Cc1ccc(C(=O)N2CCCCC2c2nc3c(c(=O)[nH]2)CCN(Cc2cccs2)C3)cc1. The fourth-order valence-electron chi connectivity index (χ4n) is 4.75. The Morgan fingerprint density at radius 3 is 2.81 bits per heavy atom. The molecule has 1 saturated heterocycles. The number of fused-ring (bicyclic) bond motifs is 1. The number of hydrogen-bond acceptors (Lipinski definition) is 5. The zero-order chi connectivity index (χ0) is 22.1. The van der Waals surface area contributed by atoms with E-state index in [9.17, 15) is 9.59 Å². The number of aromatic nitrogens is 2. The first-order valence-electron chi connectivity index (χ1n) is 11.3. The van der Waals surface area contributed by atoms with Gasteiger partial charge in [-0.1, -0.05) is 23.8 Å². The van der Waals surface area contributed by atoms with Crippen LogP contribution in [0.15, 0.2) is 46.6 Å². The van der Waals surface area contributed by atoms with Crippen LogP contribution in [0.5, 0.6) is 0 Å². The highest BCUT2D eigenvalue weighted by Gasteiger charge is 2.32. The van der Waals surface area contributed by atoms with E-state index in [1.807, 2.05) is 36.1 Å². The van der Waals surface area contributed by atoms with Crippen molar-refractivity contribution in [1.82, 2.24) is 19.8 Å². The zero-order valence-electron chi connectivity index (χ0n) is 18.3. The number of carbonyl (C=O) groups is 1. The topological polar surface area (TPSA) is 69.3 Å². The Balaban J connectivity index is 1.42. The van der Waals surface area contributed by atoms with E-state index >= 15 is 0 Å². The highest BCUT2D eigenvalue weighted by atomic mass is 32.1. The highest BCUT2D eigenvalue weighted by Crippen LogP contribution is 2.31. The second-order valence-electron chi connectivity index (χ2n) is 8.79. The van der Waals surface area contributed by atoms with E-state index in [4.69, 9.17) is 4.98 Å². The molecule has 1 amide bonds. The van der Waals surface area contributed by atoms with Crippen LogP contribution in [-0.4, -0.2) is 38.8 Å². The van der Waals surface area contributed by atoms with Crippen LogP contribution in [0.4, 0.5) is 0 Å². The largest absolute Gasteiger partial charge is 0.328 e. The van der Waals surface area contributed by atoms with Gasteiger partial charge in [0.1, 0.15) is 5.82 Å². The van der Waals surface area contributed by atoms with Crippen molar-refractivity contribution in [3.05, 3.63) is 85.2 Å². The van der Waals surface area contributed by atoms with Crippen LogP contribution >= 0.6 is 11.3 Å². The minimum Gasteiger partial charge on any atom is -0.328 e. The lowest BCUT2D eigenvalue weighted by atomic mass is 9.99.